The van der Waals surface area contributed by atoms with Crippen molar-refractivity contribution in [2.75, 3.05) is 12.4 Å². The van der Waals surface area contributed by atoms with E-state index in [1.807, 2.05) is 77.6 Å². The van der Waals surface area contributed by atoms with Crippen molar-refractivity contribution >= 4 is 22.6 Å². The molecule has 5 aromatic rings. The minimum absolute atomic E-state index is 0.229. The summed E-state index contributed by atoms with van der Waals surface area (Å²) in [5.41, 5.74) is 4.10. The predicted molar refractivity (Wildman–Crippen MR) is 132 cm³/mol. The normalized spacial score (nSPS) is 10.9. The average molecular weight is 450 g/mol. The molecule has 0 aliphatic heterocycles. The highest BCUT2D eigenvalue weighted by molar-refractivity contribution is 6.12. The highest BCUT2D eigenvalue weighted by Crippen LogP contribution is 2.27. The largest absolute Gasteiger partial charge is 0.497 e. The second-order valence-electron chi connectivity index (χ2n) is 7.82. The molecule has 168 valence electrons. The van der Waals surface area contributed by atoms with Crippen molar-refractivity contribution in [3.63, 3.8) is 0 Å². The molecule has 7 nitrogen and oxygen atoms in total. The Hall–Kier alpha value is -4.52. The van der Waals surface area contributed by atoms with Gasteiger partial charge in [-0.3, -0.25) is 14.5 Å². The lowest BCUT2D eigenvalue weighted by atomic mass is 10.0. The standard InChI is InChI=1S/C27H23N5O2/c1-34-21-8-6-20(7-9-21)25-18-23(22-4-2-3-5-24(22)29-25)27(33)30-26-13-17-32(31-26)16-12-19-10-14-28-15-11-19/h2-11,13-15,17-18H,12,16H2,1H3,(H,30,31,33). The Balaban J connectivity index is 1.39. The second kappa shape index (κ2) is 9.54. The van der Waals surface area contributed by atoms with Crippen LogP contribution in [0.2, 0.25) is 0 Å². The van der Waals surface area contributed by atoms with Crippen LogP contribution in [0, 0.1) is 0 Å². The van der Waals surface area contributed by atoms with Gasteiger partial charge in [0.1, 0.15) is 5.75 Å². The highest BCUT2D eigenvalue weighted by Gasteiger charge is 2.15. The van der Waals surface area contributed by atoms with E-state index in [4.69, 9.17) is 9.72 Å². The molecule has 0 unspecified atom stereocenters. The molecule has 7 heteroatoms. The molecule has 0 saturated carbocycles. The molecule has 1 N–H and O–H groups in total. The van der Waals surface area contributed by atoms with E-state index < -0.39 is 0 Å². The number of carbonyl (C=O) groups is 1. The smallest absolute Gasteiger partial charge is 0.257 e. The number of nitrogens with zero attached hydrogens (tertiary/aromatic N) is 4. The maximum atomic E-state index is 13.3. The van der Waals surface area contributed by atoms with Crippen molar-refractivity contribution in [1.29, 1.82) is 0 Å². The number of rotatable bonds is 7. The number of fused-ring (bicyclic) bond motifs is 1. The Kier molecular flexibility index (Phi) is 5.99. The van der Waals surface area contributed by atoms with Crippen molar-refractivity contribution < 1.29 is 9.53 Å². The molecule has 0 aliphatic rings. The Morgan fingerprint density at radius 3 is 2.59 bits per heavy atom. The van der Waals surface area contributed by atoms with Crippen LogP contribution in [0.5, 0.6) is 5.75 Å². The first-order valence-electron chi connectivity index (χ1n) is 11.0. The van der Waals surface area contributed by atoms with Crippen LogP contribution in [0.25, 0.3) is 22.2 Å². The summed E-state index contributed by atoms with van der Waals surface area (Å²) in [5.74, 6) is 1.04. The number of anilines is 1. The van der Waals surface area contributed by atoms with Gasteiger partial charge in [-0.05, 0) is 60.5 Å². The maximum absolute atomic E-state index is 13.3. The number of benzene rings is 2. The molecule has 3 aromatic heterocycles. The van der Waals surface area contributed by atoms with Gasteiger partial charge in [0, 0.05) is 42.2 Å². The Morgan fingerprint density at radius 2 is 1.79 bits per heavy atom. The summed E-state index contributed by atoms with van der Waals surface area (Å²) in [6.07, 6.45) is 6.26. The lowest BCUT2D eigenvalue weighted by molar-refractivity contribution is 0.102. The van der Waals surface area contributed by atoms with Gasteiger partial charge in [-0.25, -0.2) is 4.98 Å². The van der Waals surface area contributed by atoms with Gasteiger partial charge in [0.05, 0.1) is 23.9 Å². The number of ether oxygens (including phenoxy) is 1. The van der Waals surface area contributed by atoms with E-state index in [-0.39, 0.29) is 5.91 Å². The van der Waals surface area contributed by atoms with Crippen molar-refractivity contribution in [1.82, 2.24) is 19.7 Å². The first-order valence-corrected chi connectivity index (χ1v) is 11.0. The average Bonchev–Trinajstić information content (AvgIpc) is 3.34. The van der Waals surface area contributed by atoms with Crippen molar-refractivity contribution in [2.24, 2.45) is 0 Å². The molecule has 0 fully saturated rings. The van der Waals surface area contributed by atoms with E-state index in [1.165, 1.54) is 5.56 Å². The van der Waals surface area contributed by atoms with Crippen molar-refractivity contribution in [3.05, 3.63) is 103 Å². The number of aromatic nitrogens is 4. The number of pyridine rings is 2. The van der Waals surface area contributed by atoms with Crippen LogP contribution >= 0.6 is 0 Å². The maximum Gasteiger partial charge on any atom is 0.257 e. The summed E-state index contributed by atoms with van der Waals surface area (Å²) in [4.78, 5) is 22.1. The molecule has 1 amide bonds. The minimum Gasteiger partial charge on any atom is -0.497 e. The number of hydrogen-bond donors (Lipinski definition) is 1. The van der Waals surface area contributed by atoms with E-state index >= 15 is 0 Å². The number of carbonyl (C=O) groups excluding carboxylic acids is 1. The number of amides is 1. The molecule has 0 radical (unpaired) electrons. The van der Waals surface area contributed by atoms with Crippen molar-refractivity contribution in [3.8, 4) is 17.0 Å². The molecule has 2 aromatic carbocycles. The SMILES string of the molecule is COc1ccc(-c2cc(C(=O)Nc3ccn(CCc4ccncc4)n3)c3ccccc3n2)cc1. The molecule has 3 heterocycles. The van der Waals surface area contributed by atoms with E-state index in [2.05, 4.69) is 15.4 Å². The van der Waals surface area contributed by atoms with E-state index in [1.54, 1.807) is 25.6 Å². The molecule has 0 aliphatic carbocycles. The molecule has 5 rings (SSSR count). The van der Waals surface area contributed by atoms with Crippen LogP contribution in [0.4, 0.5) is 5.82 Å². The number of nitrogens with one attached hydrogen (secondary N) is 1. The molecular formula is C27H23N5O2. The molecule has 0 atom stereocenters. The molecule has 0 saturated heterocycles. The van der Waals surface area contributed by atoms with E-state index in [0.29, 0.717) is 17.9 Å². The van der Waals surface area contributed by atoms with Gasteiger partial charge in [0.15, 0.2) is 5.82 Å². The number of methoxy groups -OCH3 is 1. The summed E-state index contributed by atoms with van der Waals surface area (Å²) in [5, 5.41) is 8.23. The third-order valence-corrected chi connectivity index (χ3v) is 5.61. The quantitative estimate of drug-likeness (QED) is 0.378. The van der Waals surface area contributed by atoms with Gasteiger partial charge in [-0.1, -0.05) is 18.2 Å². The molecule has 0 spiro atoms. The minimum atomic E-state index is -0.229. The van der Waals surface area contributed by atoms with Crippen LogP contribution in [-0.4, -0.2) is 32.8 Å². The summed E-state index contributed by atoms with van der Waals surface area (Å²) in [6, 6.07) is 22.9. The summed E-state index contributed by atoms with van der Waals surface area (Å²) in [7, 11) is 1.63. The monoisotopic (exact) mass is 449 g/mol. The fourth-order valence-electron chi connectivity index (χ4n) is 3.80. The van der Waals surface area contributed by atoms with Gasteiger partial charge in [0.25, 0.3) is 5.91 Å². The third kappa shape index (κ3) is 4.63. The predicted octanol–water partition coefficient (Wildman–Crippen LogP) is 5.00. The lowest BCUT2D eigenvalue weighted by Crippen LogP contribution is -2.14. The van der Waals surface area contributed by atoms with E-state index in [0.717, 1.165) is 34.3 Å². The van der Waals surface area contributed by atoms with Crippen LogP contribution in [0.3, 0.4) is 0 Å². The van der Waals surface area contributed by atoms with Crippen LogP contribution in [0.1, 0.15) is 15.9 Å². The first-order chi connectivity index (χ1) is 16.7. The Labute approximate surface area is 197 Å². The van der Waals surface area contributed by atoms with Gasteiger partial charge in [-0.2, -0.15) is 5.10 Å². The summed E-state index contributed by atoms with van der Waals surface area (Å²) in [6.45, 7) is 0.708. The fourth-order valence-corrected chi connectivity index (χ4v) is 3.80. The van der Waals surface area contributed by atoms with Crippen molar-refractivity contribution in [2.45, 2.75) is 13.0 Å². The molecule has 34 heavy (non-hydrogen) atoms. The topological polar surface area (TPSA) is 81.9 Å². The van der Waals surface area contributed by atoms with Gasteiger partial charge >= 0.3 is 0 Å². The van der Waals surface area contributed by atoms with Crippen LogP contribution in [0.15, 0.2) is 91.4 Å². The zero-order valence-corrected chi connectivity index (χ0v) is 18.7. The zero-order valence-electron chi connectivity index (χ0n) is 18.7. The van der Waals surface area contributed by atoms with Crippen LogP contribution in [-0.2, 0) is 13.0 Å². The molecule has 0 bridgehead atoms. The number of aryl methyl sites for hydroxylation is 2. The van der Waals surface area contributed by atoms with Gasteiger partial charge in [-0.15, -0.1) is 0 Å². The van der Waals surface area contributed by atoms with Gasteiger partial charge < -0.3 is 10.1 Å². The summed E-state index contributed by atoms with van der Waals surface area (Å²) < 4.78 is 7.07. The number of para-hydroxylation sites is 1. The zero-order chi connectivity index (χ0) is 23.3. The number of hydrogen-bond acceptors (Lipinski definition) is 5. The fraction of sp³-hybridized carbons (Fsp3) is 0.111. The lowest BCUT2D eigenvalue weighted by Gasteiger charge is -2.10. The Morgan fingerprint density at radius 1 is 1.00 bits per heavy atom. The summed E-state index contributed by atoms with van der Waals surface area (Å²) >= 11 is 0. The highest BCUT2D eigenvalue weighted by atomic mass is 16.5. The Bertz CT molecular complexity index is 1430. The van der Waals surface area contributed by atoms with Gasteiger partial charge in [0.2, 0.25) is 0 Å². The second-order valence-corrected chi connectivity index (χ2v) is 7.82. The first kappa shape index (κ1) is 21.3. The van der Waals surface area contributed by atoms with E-state index in [9.17, 15) is 4.79 Å². The molecular weight excluding hydrogens is 426 g/mol. The van der Waals surface area contributed by atoms with Crippen LogP contribution < -0.4 is 10.1 Å². The third-order valence-electron chi connectivity index (χ3n) is 5.61.